The van der Waals surface area contributed by atoms with Crippen molar-refractivity contribution in [1.82, 2.24) is 19.6 Å². The standard InChI is InChI=1S/C18H19N5O2/c1-22-11-15(9-19-22)6-7-18(24)21-16-10-20-23(13-16)12-14-4-3-5-17(8-14)25-2/h3-11,13H,12H2,1-2H3,(H,21,24)/b7-6+. The van der Waals surface area contributed by atoms with Crippen LogP contribution in [0, 0.1) is 0 Å². The minimum absolute atomic E-state index is 0.218. The van der Waals surface area contributed by atoms with Crippen LogP contribution in [0.15, 0.2) is 55.1 Å². The summed E-state index contributed by atoms with van der Waals surface area (Å²) in [6, 6.07) is 7.78. The normalized spacial score (nSPS) is 11.0. The first kappa shape index (κ1) is 16.5. The Morgan fingerprint density at radius 1 is 1.28 bits per heavy atom. The number of hydrogen-bond acceptors (Lipinski definition) is 4. The van der Waals surface area contributed by atoms with Crippen LogP contribution in [-0.2, 0) is 18.4 Å². The van der Waals surface area contributed by atoms with E-state index in [9.17, 15) is 4.79 Å². The van der Waals surface area contributed by atoms with Crippen LogP contribution in [0.5, 0.6) is 5.75 Å². The number of nitrogens with zero attached hydrogens (tertiary/aromatic N) is 4. The monoisotopic (exact) mass is 337 g/mol. The Hall–Kier alpha value is -3.35. The van der Waals surface area contributed by atoms with Gasteiger partial charge in [0.2, 0.25) is 5.91 Å². The number of aromatic nitrogens is 4. The highest BCUT2D eigenvalue weighted by Crippen LogP contribution is 2.14. The van der Waals surface area contributed by atoms with Gasteiger partial charge in [-0.2, -0.15) is 10.2 Å². The highest BCUT2D eigenvalue weighted by atomic mass is 16.5. The van der Waals surface area contributed by atoms with E-state index >= 15 is 0 Å². The van der Waals surface area contributed by atoms with Gasteiger partial charge in [0.15, 0.2) is 0 Å². The fraction of sp³-hybridized carbons (Fsp3) is 0.167. The molecule has 0 aliphatic carbocycles. The Bertz CT molecular complexity index is 894. The smallest absolute Gasteiger partial charge is 0.248 e. The number of rotatable bonds is 6. The van der Waals surface area contributed by atoms with E-state index in [1.807, 2.05) is 37.5 Å². The summed E-state index contributed by atoms with van der Waals surface area (Å²) in [7, 11) is 3.47. The molecule has 1 amide bonds. The predicted octanol–water partition coefficient (Wildman–Crippen LogP) is 2.33. The van der Waals surface area contributed by atoms with Gasteiger partial charge in [-0.05, 0) is 23.8 Å². The highest BCUT2D eigenvalue weighted by molar-refractivity contribution is 6.01. The summed E-state index contributed by atoms with van der Waals surface area (Å²) in [5.41, 5.74) is 2.58. The number of amides is 1. The Labute approximate surface area is 145 Å². The SMILES string of the molecule is COc1cccc(Cn2cc(NC(=O)/C=C/c3cnn(C)c3)cn2)c1. The average molecular weight is 337 g/mol. The fourth-order valence-corrected chi connectivity index (χ4v) is 2.35. The molecule has 0 saturated heterocycles. The van der Waals surface area contributed by atoms with Gasteiger partial charge < -0.3 is 10.1 Å². The second kappa shape index (κ2) is 7.48. The van der Waals surface area contributed by atoms with Gasteiger partial charge >= 0.3 is 0 Å². The molecule has 0 spiro atoms. The third-order valence-electron chi connectivity index (χ3n) is 3.53. The number of ether oxygens (including phenoxy) is 1. The lowest BCUT2D eigenvalue weighted by atomic mass is 10.2. The lowest BCUT2D eigenvalue weighted by Gasteiger charge is -2.04. The van der Waals surface area contributed by atoms with Crippen LogP contribution in [0.4, 0.5) is 5.69 Å². The van der Waals surface area contributed by atoms with Crippen molar-refractivity contribution in [2.24, 2.45) is 7.05 Å². The highest BCUT2D eigenvalue weighted by Gasteiger charge is 2.03. The summed E-state index contributed by atoms with van der Waals surface area (Å²) < 4.78 is 8.65. The summed E-state index contributed by atoms with van der Waals surface area (Å²) in [5, 5.41) is 11.1. The maximum absolute atomic E-state index is 12.0. The third kappa shape index (κ3) is 4.57. The molecule has 0 atom stereocenters. The molecule has 7 heteroatoms. The fourth-order valence-electron chi connectivity index (χ4n) is 2.35. The van der Waals surface area contributed by atoms with Crippen molar-refractivity contribution >= 4 is 17.7 Å². The molecule has 0 unspecified atom stereocenters. The molecule has 1 N–H and O–H groups in total. The Balaban J connectivity index is 1.59. The largest absolute Gasteiger partial charge is 0.497 e. The first-order chi connectivity index (χ1) is 12.1. The van der Waals surface area contributed by atoms with E-state index in [1.54, 1.807) is 41.1 Å². The average Bonchev–Trinajstić information content (AvgIpc) is 3.22. The summed E-state index contributed by atoms with van der Waals surface area (Å²) >= 11 is 0. The molecule has 0 bridgehead atoms. The molecule has 0 radical (unpaired) electrons. The molecule has 0 aliphatic heterocycles. The van der Waals surface area contributed by atoms with Gasteiger partial charge in [-0.3, -0.25) is 14.2 Å². The van der Waals surface area contributed by atoms with E-state index in [2.05, 4.69) is 15.5 Å². The van der Waals surface area contributed by atoms with Gasteiger partial charge in [-0.25, -0.2) is 0 Å². The second-order valence-corrected chi connectivity index (χ2v) is 5.55. The van der Waals surface area contributed by atoms with Crippen LogP contribution in [-0.4, -0.2) is 32.6 Å². The number of nitrogens with one attached hydrogen (secondary N) is 1. The number of aryl methyl sites for hydroxylation is 1. The van der Waals surface area contributed by atoms with Gasteiger partial charge in [0.25, 0.3) is 0 Å². The van der Waals surface area contributed by atoms with Crippen LogP contribution < -0.4 is 10.1 Å². The van der Waals surface area contributed by atoms with E-state index in [1.165, 1.54) is 6.08 Å². The van der Waals surface area contributed by atoms with Crippen molar-refractivity contribution < 1.29 is 9.53 Å². The molecule has 1 aromatic carbocycles. The van der Waals surface area contributed by atoms with Crippen LogP contribution in [0.25, 0.3) is 6.08 Å². The summed E-state index contributed by atoms with van der Waals surface area (Å²) in [6.07, 6.45) is 10.1. The van der Waals surface area contributed by atoms with Crippen LogP contribution in [0.2, 0.25) is 0 Å². The molecule has 0 saturated carbocycles. The van der Waals surface area contributed by atoms with Crippen molar-refractivity contribution in [2.75, 3.05) is 12.4 Å². The lowest BCUT2D eigenvalue weighted by molar-refractivity contribution is -0.111. The zero-order chi connectivity index (χ0) is 17.6. The molecular formula is C18H19N5O2. The van der Waals surface area contributed by atoms with Gasteiger partial charge in [-0.15, -0.1) is 0 Å². The number of benzene rings is 1. The topological polar surface area (TPSA) is 74.0 Å². The third-order valence-corrected chi connectivity index (χ3v) is 3.53. The minimum Gasteiger partial charge on any atom is -0.497 e. The van der Waals surface area contributed by atoms with Gasteiger partial charge in [0.05, 0.1) is 31.7 Å². The van der Waals surface area contributed by atoms with E-state index < -0.39 is 0 Å². The summed E-state index contributed by atoms with van der Waals surface area (Å²) in [6.45, 7) is 0.596. The Kier molecular flexibility index (Phi) is 4.94. The van der Waals surface area contributed by atoms with Gasteiger partial charge in [-0.1, -0.05) is 12.1 Å². The Morgan fingerprint density at radius 2 is 2.16 bits per heavy atom. The molecule has 25 heavy (non-hydrogen) atoms. The van der Waals surface area contributed by atoms with Crippen molar-refractivity contribution in [1.29, 1.82) is 0 Å². The first-order valence-electron chi connectivity index (χ1n) is 7.75. The second-order valence-electron chi connectivity index (χ2n) is 5.55. The van der Waals surface area contributed by atoms with Gasteiger partial charge in [0.1, 0.15) is 5.75 Å². The van der Waals surface area contributed by atoms with Gasteiger partial charge in [0, 0.05) is 31.1 Å². The summed E-state index contributed by atoms with van der Waals surface area (Å²) in [5.74, 6) is 0.587. The predicted molar refractivity (Wildman–Crippen MR) is 95.2 cm³/mol. The van der Waals surface area contributed by atoms with Crippen LogP contribution in [0.3, 0.4) is 0 Å². The first-order valence-corrected chi connectivity index (χ1v) is 7.75. The van der Waals surface area contributed by atoms with E-state index in [-0.39, 0.29) is 5.91 Å². The van der Waals surface area contributed by atoms with E-state index in [0.717, 1.165) is 16.9 Å². The molecule has 2 heterocycles. The van der Waals surface area contributed by atoms with Crippen molar-refractivity contribution in [3.63, 3.8) is 0 Å². The number of anilines is 1. The summed E-state index contributed by atoms with van der Waals surface area (Å²) in [4.78, 5) is 12.0. The van der Waals surface area contributed by atoms with Crippen LogP contribution >= 0.6 is 0 Å². The van der Waals surface area contributed by atoms with Crippen molar-refractivity contribution in [2.45, 2.75) is 6.54 Å². The molecule has 3 rings (SSSR count). The molecule has 0 aliphatic rings. The molecule has 7 nitrogen and oxygen atoms in total. The minimum atomic E-state index is -0.218. The van der Waals surface area contributed by atoms with Crippen molar-refractivity contribution in [3.05, 3.63) is 66.3 Å². The number of hydrogen-bond donors (Lipinski definition) is 1. The molecule has 2 aromatic heterocycles. The van der Waals surface area contributed by atoms with Crippen molar-refractivity contribution in [3.8, 4) is 5.75 Å². The number of methoxy groups -OCH3 is 1. The van der Waals surface area contributed by atoms with E-state index in [0.29, 0.717) is 12.2 Å². The number of carbonyl (C=O) groups excluding carboxylic acids is 1. The molecule has 3 aromatic rings. The number of carbonyl (C=O) groups is 1. The maximum atomic E-state index is 12.0. The molecular weight excluding hydrogens is 318 g/mol. The molecule has 0 fully saturated rings. The maximum Gasteiger partial charge on any atom is 0.248 e. The van der Waals surface area contributed by atoms with E-state index in [4.69, 9.17) is 4.74 Å². The quantitative estimate of drug-likeness (QED) is 0.701. The zero-order valence-corrected chi connectivity index (χ0v) is 14.1. The zero-order valence-electron chi connectivity index (χ0n) is 14.1. The van der Waals surface area contributed by atoms with Crippen LogP contribution in [0.1, 0.15) is 11.1 Å². The molecule has 128 valence electrons. The Morgan fingerprint density at radius 3 is 2.92 bits per heavy atom. The lowest BCUT2D eigenvalue weighted by Crippen LogP contribution is -2.07.